The van der Waals surface area contributed by atoms with Crippen molar-refractivity contribution in [1.82, 2.24) is 20.2 Å². The summed E-state index contributed by atoms with van der Waals surface area (Å²) in [7, 11) is 2.06. The topological polar surface area (TPSA) is 44.3 Å². The van der Waals surface area contributed by atoms with Gasteiger partial charge in [0.2, 0.25) is 5.95 Å². The van der Waals surface area contributed by atoms with E-state index in [0.29, 0.717) is 6.04 Å². The maximum Gasteiger partial charge on any atom is 0.225 e. The highest BCUT2D eigenvalue weighted by molar-refractivity contribution is 5.29. The van der Waals surface area contributed by atoms with E-state index in [-0.39, 0.29) is 0 Å². The third kappa shape index (κ3) is 4.14. The molecule has 0 radical (unpaired) electrons. The molecular formula is C14H25N5. The first-order chi connectivity index (χ1) is 9.33. The molecular weight excluding hydrogens is 238 g/mol. The van der Waals surface area contributed by atoms with E-state index in [4.69, 9.17) is 0 Å². The highest BCUT2D eigenvalue weighted by Gasteiger charge is 2.20. The summed E-state index contributed by atoms with van der Waals surface area (Å²) in [5, 5.41) is 3.41. The number of likely N-dealkylation sites (N-methyl/N-ethyl adjacent to an activating group) is 1. The highest BCUT2D eigenvalue weighted by atomic mass is 15.3. The van der Waals surface area contributed by atoms with Crippen LogP contribution in [0.5, 0.6) is 0 Å². The Hall–Kier alpha value is -1.20. The summed E-state index contributed by atoms with van der Waals surface area (Å²) < 4.78 is 0. The molecule has 5 heteroatoms. The van der Waals surface area contributed by atoms with Crippen molar-refractivity contribution in [3.05, 3.63) is 18.5 Å². The van der Waals surface area contributed by atoms with Gasteiger partial charge in [-0.05, 0) is 19.5 Å². The van der Waals surface area contributed by atoms with Crippen molar-refractivity contribution in [2.45, 2.75) is 25.8 Å². The lowest BCUT2D eigenvalue weighted by Gasteiger charge is -2.36. The minimum absolute atomic E-state index is 0.615. The minimum Gasteiger partial charge on any atom is -0.338 e. The lowest BCUT2D eigenvalue weighted by atomic mass is 10.1. The Balaban J connectivity index is 1.79. The molecule has 1 fully saturated rings. The van der Waals surface area contributed by atoms with Gasteiger partial charge in [-0.25, -0.2) is 9.97 Å². The van der Waals surface area contributed by atoms with Crippen molar-refractivity contribution in [1.29, 1.82) is 0 Å². The zero-order valence-corrected chi connectivity index (χ0v) is 12.0. The van der Waals surface area contributed by atoms with E-state index in [1.54, 1.807) is 0 Å². The van der Waals surface area contributed by atoms with Gasteiger partial charge in [0.05, 0.1) is 0 Å². The van der Waals surface area contributed by atoms with Crippen LogP contribution < -0.4 is 10.2 Å². The average Bonchev–Trinajstić information content (AvgIpc) is 2.48. The SMILES string of the molecule is CCCC(CN1CCN(c2ncccn2)CC1)NC. The molecule has 0 spiro atoms. The Morgan fingerprint density at radius 3 is 2.47 bits per heavy atom. The van der Waals surface area contributed by atoms with Gasteiger partial charge in [0.15, 0.2) is 0 Å². The molecule has 2 heterocycles. The first-order valence-corrected chi connectivity index (χ1v) is 7.25. The number of hydrogen-bond donors (Lipinski definition) is 1. The van der Waals surface area contributed by atoms with Crippen LogP contribution in [0.4, 0.5) is 5.95 Å². The molecule has 106 valence electrons. The molecule has 1 atom stereocenters. The van der Waals surface area contributed by atoms with Gasteiger partial charge in [-0.3, -0.25) is 4.90 Å². The van der Waals surface area contributed by atoms with E-state index in [0.717, 1.165) is 38.7 Å². The first-order valence-electron chi connectivity index (χ1n) is 7.25. The van der Waals surface area contributed by atoms with Crippen LogP contribution in [-0.2, 0) is 0 Å². The standard InChI is InChI=1S/C14H25N5/c1-3-5-13(15-2)12-18-8-10-19(11-9-18)14-16-6-4-7-17-14/h4,6-7,13,15H,3,5,8-12H2,1-2H3. The molecule has 1 aliphatic heterocycles. The van der Waals surface area contributed by atoms with Crippen LogP contribution in [0.3, 0.4) is 0 Å². The van der Waals surface area contributed by atoms with Crippen molar-refractivity contribution >= 4 is 5.95 Å². The quantitative estimate of drug-likeness (QED) is 0.829. The zero-order valence-electron chi connectivity index (χ0n) is 12.0. The lowest BCUT2D eigenvalue weighted by molar-refractivity contribution is 0.227. The molecule has 0 bridgehead atoms. The summed E-state index contributed by atoms with van der Waals surface area (Å²) >= 11 is 0. The minimum atomic E-state index is 0.615. The molecule has 1 unspecified atom stereocenters. The van der Waals surface area contributed by atoms with Crippen molar-refractivity contribution in [3.63, 3.8) is 0 Å². The Morgan fingerprint density at radius 2 is 1.89 bits per heavy atom. The second-order valence-corrected chi connectivity index (χ2v) is 5.11. The fourth-order valence-electron chi connectivity index (χ4n) is 2.57. The van der Waals surface area contributed by atoms with Crippen LogP contribution in [0.15, 0.2) is 18.5 Å². The van der Waals surface area contributed by atoms with E-state index in [9.17, 15) is 0 Å². The molecule has 1 aromatic heterocycles. The smallest absolute Gasteiger partial charge is 0.225 e. The van der Waals surface area contributed by atoms with E-state index in [1.807, 2.05) is 18.5 Å². The number of nitrogens with one attached hydrogen (secondary N) is 1. The van der Waals surface area contributed by atoms with Gasteiger partial charge in [0, 0.05) is 51.2 Å². The van der Waals surface area contributed by atoms with E-state index >= 15 is 0 Å². The Morgan fingerprint density at radius 1 is 1.21 bits per heavy atom. The molecule has 1 saturated heterocycles. The van der Waals surface area contributed by atoms with Crippen LogP contribution in [0.2, 0.25) is 0 Å². The van der Waals surface area contributed by atoms with Crippen molar-refractivity contribution < 1.29 is 0 Å². The van der Waals surface area contributed by atoms with E-state index < -0.39 is 0 Å². The average molecular weight is 263 g/mol. The highest BCUT2D eigenvalue weighted by Crippen LogP contribution is 2.10. The summed E-state index contributed by atoms with van der Waals surface area (Å²) in [6.07, 6.45) is 6.11. The molecule has 0 aliphatic carbocycles. The number of anilines is 1. The maximum atomic E-state index is 4.32. The lowest BCUT2D eigenvalue weighted by Crippen LogP contribution is -2.50. The Kier molecular flexibility index (Phi) is 5.54. The van der Waals surface area contributed by atoms with Crippen LogP contribution in [0.1, 0.15) is 19.8 Å². The summed E-state index contributed by atoms with van der Waals surface area (Å²) in [5.74, 6) is 0.862. The fourth-order valence-corrected chi connectivity index (χ4v) is 2.57. The largest absolute Gasteiger partial charge is 0.338 e. The molecule has 0 amide bonds. The van der Waals surface area contributed by atoms with Crippen LogP contribution in [0, 0.1) is 0 Å². The van der Waals surface area contributed by atoms with Gasteiger partial charge in [-0.2, -0.15) is 0 Å². The molecule has 5 nitrogen and oxygen atoms in total. The van der Waals surface area contributed by atoms with E-state index in [1.165, 1.54) is 12.8 Å². The van der Waals surface area contributed by atoms with Crippen molar-refractivity contribution in [2.24, 2.45) is 0 Å². The van der Waals surface area contributed by atoms with Gasteiger partial charge in [-0.15, -0.1) is 0 Å². The number of rotatable bonds is 6. The number of aromatic nitrogens is 2. The third-order valence-electron chi connectivity index (χ3n) is 3.73. The predicted octanol–water partition coefficient (Wildman–Crippen LogP) is 0.987. The van der Waals surface area contributed by atoms with Crippen molar-refractivity contribution in [2.75, 3.05) is 44.7 Å². The second-order valence-electron chi connectivity index (χ2n) is 5.11. The summed E-state index contributed by atoms with van der Waals surface area (Å²) in [5.41, 5.74) is 0. The zero-order chi connectivity index (χ0) is 13.5. The summed E-state index contributed by atoms with van der Waals surface area (Å²) in [4.78, 5) is 13.4. The number of piperazine rings is 1. The predicted molar refractivity (Wildman–Crippen MR) is 78.4 cm³/mol. The molecule has 1 aliphatic rings. The summed E-state index contributed by atoms with van der Waals surface area (Å²) in [6.45, 7) is 7.63. The normalized spacial score (nSPS) is 18.5. The molecule has 0 saturated carbocycles. The van der Waals surface area contributed by atoms with Crippen molar-refractivity contribution in [3.8, 4) is 0 Å². The van der Waals surface area contributed by atoms with Gasteiger partial charge < -0.3 is 10.2 Å². The molecule has 1 N–H and O–H groups in total. The Bertz CT molecular complexity index is 348. The van der Waals surface area contributed by atoms with Gasteiger partial charge in [-0.1, -0.05) is 13.3 Å². The first kappa shape index (κ1) is 14.2. The summed E-state index contributed by atoms with van der Waals surface area (Å²) in [6, 6.07) is 2.48. The fraction of sp³-hybridized carbons (Fsp3) is 0.714. The third-order valence-corrected chi connectivity index (χ3v) is 3.73. The molecule has 19 heavy (non-hydrogen) atoms. The van der Waals surface area contributed by atoms with Gasteiger partial charge in [0.1, 0.15) is 0 Å². The molecule has 2 rings (SSSR count). The molecule has 1 aromatic rings. The molecule has 0 aromatic carbocycles. The van der Waals surface area contributed by atoms with Crippen LogP contribution in [-0.4, -0.2) is 60.7 Å². The van der Waals surface area contributed by atoms with Crippen LogP contribution >= 0.6 is 0 Å². The van der Waals surface area contributed by atoms with E-state index in [2.05, 4.69) is 39.1 Å². The number of hydrogen-bond acceptors (Lipinski definition) is 5. The maximum absolute atomic E-state index is 4.32. The van der Waals surface area contributed by atoms with Gasteiger partial charge in [0.25, 0.3) is 0 Å². The number of nitrogens with zero attached hydrogens (tertiary/aromatic N) is 4. The Labute approximate surface area is 116 Å². The van der Waals surface area contributed by atoms with Gasteiger partial charge >= 0.3 is 0 Å². The second kappa shape index (κ2) is 7.40. The monoisotopic (exact) mass is 263 g/mol. The van der Waals surface area contributed by atoms with Crippen LogP contribution in [0.25, 0.3) is 0 Å².